The summed E-state index contributed by atoms with van der Waals surface area (Å²) in [6.45, 7) is 3.99. The molecular formula is C35H37Cl2N3O5S. The molecule has 1 atom stereocenters. The fourth-order valence-electron chi connectivity index (χ4n) is 4.88. The summed E-state index contributed by atoms with van der Waals surface area (Å²) in [6, 6.07) is 27.7. The molecule has 0 unspecified atom stereocenters. The minimum atomic E-state index is -4.23. The first-order chi connectivity index (χ1) is 22.1. The number of carbonyl (C=O) groups excluding carboxylic acids is 2. The van der Waals surface area contributed by atoms with E-state index in [4.69, 9.17) is 27.9 Å². The van der Waals surface area contributed by atoms with Crippen molar-refractivity contribution in [2.24, 2.45) is 0 Å². The third kappa shape index (κ3) is 9.02. The molecule has 0 bridgehead atoms. The van der Waals surface area contributed by atoms with Crippen LogP contribution in [0.4, 0.5) is 5.69 Å². The van der Waals surface area contributed by atoms with Crippen molar-refractivity contribution in [1.29, 1.82) is 0 Å². The lowest BCUT2D eigenvalue weighted by Crippen LogP contribution is -2.53. The van der Waals surface area contributed by atoms with E-state index in [2.05, 4.69) is 5.32 Å². The maximum Gasteiger partial charge on any atom is 0.264 e. The maximum absolute atomic E-state index is 14.5. The summed E-state index contributed by atoms with van der Waals surface area (Å²) in [7, 11) is -4.23. The molecule has 4 aromatic rings. The summed E-state index contributed by atoms with van der Waals surface area (Å²) in [5.41, 5.74) is 1.69. The first-order valence-electron chi connectivity index (χ1n) is 15.0. The summed E-state index contributed by atoms with van der Waals surface area (Å²) in [5, 5.41) is 3.66. The van der Waals surface area contributed by atoms with Gasteiger partial charge in [-0.2, -0.15) is 0 Å². The molecule has 0 heterocycles. The molecule has 0 saturated carbocycles. The van der Waals surface area contributed by atoms with E-state index in [9.17, 15) is 18.0 Å². The lowest BCUT2D eigenvalue weighted by molar-refractivity contribution is -0.140. The molecule has 4 aromatic carbocycles. The fourth-order valence-corrected chi connectivity index (χ4v) is 6.76. The molecule has 11 heteroatoms. The number of nitrogens with one attached hydrogen (secondary N) is 1. The number of sulfonamides is 1. The van der Waals surface area contributed by atoms with Crippen LogP contribution in [0.1, 0.15) is 31.4 Å². The number of amides is 2. The second kappa shape index (κ2) is 16.5. The Labute approximate surface area is 280 Å². The molecular weight excluding hydrogens is 645 g/mol. The highest BCUT2D eigenvalue weighted by Crippen LogP contribution is 2.28. The van der Waals surface area contributed by atoms with Gasteiger partial charge in [-0.05, 0) is 73.0 Å². The van der Waals surface area contributed by atoms with Crippen LogP contribution in [0, 0.1) is 0 Å². The highest BCUT2D eigenvalue weighted by molar-refractivity contribution is 7.92. The van der Waals surface area contributed by atoms with Crippen molar-refractivity contribution in [2.45, 2.75) is 44.2 Å². The SMILES string of the molecule is CCCNC(=O)[C@@H](Cc1ccccc1)N(Cc1ccc(Cl)cc1Cl)C(=O)CN(c1ccccc1)S(=O)(=O)c1ccc(OCC)cc1. The molecule has 4 rings (SSSR count). The molecule has 0 fully saturated rings. The largest absolute Gasteiger partial charge is 0.494 e. The van der Waals surface area contributed by atoms with Gasteiger partial charge < -0.3 is 15.0 Å². The first-order valence-corrected chi connectivity index (χ1v) is 17.2. The van der Waals surface area contributed by atoms with Gasteiger partial charge in [-0.3, -0.25) is 13.9 Å². The van der Waals surface area contributed by atoms with Gasteiger partial charge in [-0.1, -0.05) is 84.7 Å². The lowest BCUT2D eigenvalue weighted by atomic mass is 10.0. The Bertz CT molecular complexity index is 1710. The summed E-state index contributed by atoms with van der Waals surface area (Å²) < 4.78 is 34.8. The van der Waals surface area contributed by atoms with Crippen LogP contribution in [-0.4, -0.2) is 50.9 Å². The molecule has 8 nitrogen and oxygen atoms in total. The van der Waals surface area contributed by atoms with Crippen molar-refractivity contribution in [3.8, 4) is 5.75 Å². The molecule has 46 heavy (non-hydrogen) atoms. The van der Waals surface area contributed by atoms with Gasteiger partial charge in [0.1, 0.15) is 18.3 Å². The Balaban J connectivity index is 1.78. The number of hydrogen-bond donors (Lipinski definition) is 1. The van der Waals surface area contributed by atoms with E-state index < -0.39 is 28.5 Å². The Morgan fingerprint density at radius 1 is 0.870 bits per heavy atom. The molecule has 0 aliphatic carbocycles. The minimum Gasteiger partial charge on any atom is -0.494 e. The minimum absolute atomic E-state index is 0.0126. The molecule has 0 aliphatic rings. The Morgan fingerprint density at radius 3 is 2.13 bits per heavy atom. The van der Waals surface area contributed by atoms with Crippen molar-refractivity contribution in [3.63, 3.8) is 0 Å². The average molecular weight is 683 g/mol. The number of halogens is 2. The first kappa shape index (κ1) is 34.8. The predicted molar refractivity (Wildman–Crippen MR) is 183 cm³/mol. The van der Waals surface area contributed by atoms with Gasteiger partial charge in [-0.25, -0.2) is 8.42 Å². The number of hydrogen-bond acceptors (Lipinski definition) is 5. The third-order valence-corrected chi connectivity index (χ3v) is 9.60. The molecule has 1 N–H and O–H groups in total. The normalized spacial score (nSPS) is 11.8. The van der Waals surface area contributed by atoms with Crippen molar-refractivity contribution >= 4 is 50.7 Å². The van der Waals surface area contributed by atoms with Crippen molar-refractivity contribution in [2.75, 3.05) is 24.0 Å². The number of ether oxygens (including phenoxy) is 1. The number of rotatable bonds is 15. The van der Waals surface area contributed by atoms with Gasteiger partial charge >= 0.3 is 0 Å². The second-order valence-corrected chi connectivity index (χ2v) is 13.2. The van der Waals surface area contributed by atoms with Crippen LogP contribution in [0.2, 0.25) is 10.0 Å². The van der Waals surface area contributed by atoms with Gasteiger partial charge in [0.25, 0.3) is 10.0 Å². The van der Waals surface area contributed by atoms with E-state index in [-0.39, 0.29) is 23.8 Å². The number of carbonyl (C=O) groups is 2. The Hall–Kier alpha value is -4.05. The van der Waals surface area contributed by atoms with Crippen LogP contribution < -0.4 is 14.4 Å². The summed E-state index contributed by atoms with van der Waals surface area (Å²) in [6.07, 6.45) is 0.896. The van der Waals surface area contributed by atoms with Crippen LogP contribution in [-0.2, 0) is 32.6 Å². The zero-order chi connectivity index (χ0) is 33.1. The Kier molecular flexibility index (Phi) is 12.5. The molecule has 242 valence electrons. The van der Waals surface area contributed by atoms with E-state index in [0.717, 1.165) is 9.87 Å². The predicted octanol–water partition coefficient (Wildman–Crippen LogP) is 6.75. The number of para-hydroxylation sites is 1. The molecule has 0 aliphatic heterocycles. The molecule has 0 aromatic heterocycles. The highest BCUT2D eigenvalue weighted by Gasteiger charge is 2.34. The van der Waals surface area contributed by atoms with E-state index in [1.54, 1.807) is 60.7 Å². The van der Waals surface area contributed by atoms with Crippen LogP contribution in [0.15, 0.2) is 108 Å². The standard InChI is InChI=1S/C35H37Cl2N3O5S/c1-3-21-38-35(42)33(22-26-11-7-5-8-12-26)39(24-27-15-16-28(36)23-32(27)37)34(41)25-40(29-13-9-6-10-14-29)46(43,44)31-19-17-30(18-20-31)45-4-2/h5-20,23,33H,3-4,21-22,24-25H2,1-2H3,(H,38,42)/t33-/m1/s1. The van der Waals surface area contributed by atoms with E-state index in [1.807, 2.05) is 44.2 Å². The van der Waals surface area contributed by atoms with Gasteiger partial charge in [0, 0.05) is 29.6 Å². The van der Waals surface area contributed by atoms with Gasteiger partial charge in [0.15, 0.2) is 0 Å². The zero-order valence-corrected chi connectivity index (χ0v) is 28.1. The van der Waals surface area contributed by atoms with Crippen molar-refractivity contribution in [3.05, 3.63) is 124 Å². The number of anilines is 1. The van der Waals surface area contributed by atoms with Crippen LogP contribution in [0.3, 0.4) is 0 Å². The third-order valence-electron chi connectivity index (χ3n) is 7.22. The smallest absolute Gasteiger partial charge is 0.264 e. The molecule has 0 saturated heterocycles. The highest BCUT2D eigenvalue weighted by atomic mass is 35.5. The van der Waals surface area contributed by atoms with Crippen molar-refractivity contribution < 1.29 is 22.7 Å². The quantitative estimate of drug-likeness (QED) is 0.150. The number of benzene rings is 4. The topological polar surface area (TPSA) is 96.0 Å². The molecule has 0 spiro atoms. The lowest BCUT2D eigenvalue weighted by Gasteiger charge is -2.34. The average Bonchev–Trinajstić information content (AvgIpc) is 3.06. The molecule has 2 amide bonds. The maximum atomic E-state index is 14.5. The summed E-state index contributed by atoms with van der Waals surface area (Å²) in [4.78, 5) is 29.6. The van der Waals surface area contributed by atoms with Gasteiger partial charge in [-0.15, -0.1) is 0 Å². The van der Waals surface area contributed by atoms with E-state index in [1.165, 1.54) is 17.0 Å². The number of nitrogens with zero attached hydrogens (tertiary/aromatic N) is 2. The van der Waals surface area contributed by atoms with E-state index >= 15 is 0 Å². The van der Waals surface area contributed by atoms with Gasteiger partial charge in [0.2, 0.25) is 11.8 Å². The van der Waals surface area contributed by atoms with Crippen LogP contribution >= 0.6 is 23.2 Å². The fraction of sp³-hybridized carbons (Fsp3) is 0.257. The van der Waals surface area contributed by atoms with Crippen LogP contribution in [0.25, 0.3) is 0 Å². The molecule has 0 radical (unpaired) electrons. The van der Waals surface area contributed by atoms with Gasteiger partial charge in [0.05, 0.1) is 17.2 Å². The monoisotopic (exact) mass is 681 g/mol. The zero-order valence-electron chi connectivity index (χ0n) is 25.7. The second-order valence-electron chi connectivity index (χ2n) is 10.5. The van der Waals surface area contributed by atoms with Crippen LogP contribution in [0.5, 0.6) is 5.75 Å². The summed E-state index contributed by atoms with van der Waals surface area (Å²) >= 11 is 12.7. The van der Waals surface area contributed by atoms with Crippen molar-refractivity contribution in [1.82, 2.24) is 10.2 Å². The van der Waals surface area contributed by atoms with E-state index in [0.29, 0.717) is 46.6 Å². The Morgan fingerprint density at radius 2 is 1.52 bits per heavy atom. The summed E-state index contributed by atoms with van der Waals surface area (Å²) in [5.74, 6) is -0.418.